The highest BCUT2D eigenvalue weighted by Crippen LogP contribution is 2.31. The lowest BCUT2D eigenvalue weighted by Gasteiger charge is -2.23. The number of allylic oxidation sites excluding steroid dienone is 4. The Morgan fingerprint density at radius 1 is 1.19 bits per heavy atom. The van der Waals surface area contributed by atoms with E-state index < -0.39 is 0 Å². The molecule has 0 atom stereocenters. The molecule has 90 valence electrons. The van der Waals surface area contributed by atoms with Gasteiger partial charge in [0.15, 0.2) is 0 Å². The third-order valence-corrected chi connectivity index (χ3v) is 1.96. The molecule has 0 rings (SSSR count). The van der Waals surface area contributed by atoms with Crippen LogP contribution in [0, 0.1) is 5.41 Å². The summed E-state index contributed by atoms with van der Waals surface area (Å²) in [5.74, 6) is 0. The second-order valence-electron chi connectivity index (χ2n) is 4.45. The van der Waals surface area contributed by atoms with Gasteiger partial charge in [-0.15, -0.1) is 13.2 Å². The van der Waals surface area contributed by atoms with Crippen LogP contribution in [0.4, 0.5) is 0 Å². The Hall–Kier alpha value is -1.37. The first-order valence-electron chi connectivity index (χ1n) is 5.34. The van der Waals surface area contributed by atoms with Crippen molar-refractivity contribution in [3.63, 3.8) is 0 Å². The second-order valence-corrected chi connectivity index (χ2v) is 4.45. The van der Waals surface area contributed by atoms with Gasteiger partial charge in [0, 0.05) is 0 Å². The fourth-order valence-corrected chi connectivity index (χ4v) is 1.30. The summed E-state index contributed by atoms with van der Waals surface area (Å²) >= 11 is 0. The summed E-state index contributed by atoms with van der Waals surface area (Å²) in [5, 5.41) is 0. The Kier molecular flexibility index (Phi) is 8.37. The van der Waals surface area contributed by atoms with Crippen LogP contribution in [-0.4, -0.2) is 6.72 Å². The van der Waals surface area contributed by atoms with Gasteiger partial charge in [-0.25, -0.2) is 0 Å². The van der Waals surface area contributed by atoms with E-state index in [2.05, 4.69) is 58.3 Å². The van der Waals surface area contributed by atoms with Crippen molar-refractivity contribution < 1.29 is 0 Å². The summed E-state index contributed by atoms with van der Waals surface area (Å²) in [4.78, 5) is 4.05. The van der Waals surface area contributed by atoms with E-state index in [-0.39, 0.29) is 5.41 Å². The van der Waals surface area contributed by atoms with Gasteiger partial charge in [-0.05, 0) is 37.1 Å². The van der Waals surface area contributed by atoms with Crippen LogP contribution in [0.1, 0.15) is 34.6 Å². The Balaban J connectivity index is 0. The van der Waals surface area contributed by atoms with Gasteiger partial charge in [-0.1, -0.05) is 39.5 Å². The highest BCUT2D eigenvalue weighted by Gasteiger charge is 2.18. The summed E-state index contributed by atoms with van der Waals surface area (Å²) in [6, 6.07) is 0. The molecule has 0 radical (unpaired) electrons. The molecule has 0 spiro atoms. The second kappa shape index (κ2) is 7.86. The van der Waals surface area contributed by atoms with Crippen LogP contribution in [0.5, 0.6) is 0 Å². The lowest BCUT2D eigenvalue weighted by atomic mass is 9.83. The van der Waals surface area contributed by atoms with Crippen molar-refractivity contribution in [1.29, 1.82) is 0 Å². The number of hydrogen-bond donors (Lipinski definition) is 0. The van der Waals surface area contributed by atoms with Gasteiger partial charge < -0.3 is 0 Å². The fourth-order valence-electron chi connectivity index (χ4n) is 1.30. The van der Waals surface area contributed by atoms with Crippen molar-refractivity contribution >= 4 is 6.72 Å². The SMILES string of the molecule is C=C.C=N/C(C(=C)C)=C(/C=C\C)C(C)(C)C. The van der Waals surface area contributed by atoms with Crippen LogP contribution in [-0.2, 0) is 0 Å². The van der Waals surface area contributed by atoms with Gasteiger partial charge in [-0.3, -0.25) is 4.99 Å². The van der Waals surface area contributed by atoms with E-state index in [0.717, 1.165) is 11.3 Å². The molecule has 0 aromatic heterocycles. The number of nitrogens with zero attached hydrogens (tertiary/aromatic N) is 1. The quantitative estimate of drug-likeness (QED) is 0.362. The summed E-state index contributed by atoms with van der Waals surface area (Å²) in [5.41, 5.74) is 3.13. The van der Waals surface area contributed by atoms with Crippen molar-refractivity contribution in [2.45, 2.75) is 34.6 Å². The molecular weight excluding hydrogens is 194 g/mol. The zero-order valence-corrected chi connectivity index (χ0v) is 11.4. The van der Waals surface area contributed by atoms with Crippen LogP contribution < -0.4 is 0 Å². The molecule has 0 unspecified atom stereocenters. The minimum Gasteiger partial charge on any atom is -0.264 e. The molecule has 0 bridgehead atoms. The maximum Gasteiger partial charge on any atom is 0.0682 e. The third kappa shape index (κ3) is 5.50. The number of aliphatic imine (C=N–C) groups is 1. The zero-order valence-electron chi connectivity index (χ0n) is 11.4. The van der Waals surface area contributed by atoms with Crippen LogP contribution in [0.3, 0.4) is 0 Å². The summed E-state index contributed by atoms with van der Waals surface area (Å²) < 4.78 is 0. The van der Waals surface area contributed by atoms with Gasteiger partial charge in [0.25, 0.3) is 0 Å². The largest absolute Gasteiger partial charge is 0.264 e. The predicted octanol–water partition coefficient (Wildman–Crippen LogP) is 4.94. The summed E-state index contributed by atoms with van der Waals surface area (Å²) in [6.45, 7) is 24.0. The molecule has 0 saturated heterocycles. The molecule has 0 amide bonds. The van der Waals surface area contributed by atoms with Crippen LogP contribution in [0.25, 0.3) is 0 Å². The molecule has 0 aromatic carbocycles. The maximum atomic E-state index is 4.05. The van der Waals surface area contributed by atoms with E-state index in [4.69, 9.17) is 0 Å². The molecule has 16 heavy (non-hydrogen) atoms. The molecular formula is C15H25N. The van der Waals surface area contributed by atoms with Crippen LogP contribution in [0.15, 0.2) is 53.7 Å². The predicted molar refractivity (Wildman–Crippen MR) is 76.9 cm³/mol. The van der Waals surface area contributed by atoms with Crippen molar-refractivity contribution in [1.82, 2.24) is 0 Å². The van der Waals surface area contributed by atoms with Gasteiger partial charge in [0.1, 0.15) is 0 Å². The molecule has 0 aliphatic carbocycles. The normalized spacial score (nSPS) is 12.6. The molecule has 1 heteroatoms. The summed E-state index contributed by atoms with van der Waals surface area (Å²) in [6.07, 6.45) is 4.10. The molecule has 0 heterocycles. The monoisotopic (exact) mass is 219 g/mol. The molecule has 0 aromatic rings. The van der Waals surface area contributed by atoms with Crippen LogP contribution >= 0.6 is 0 Å². The van der Waals surface area contributed by atoms with Crippen molar-refractivity contribution in [2.75, 3.05) is 0 Å². The fraction of sp³-hybridized carbons (Fsp3) is 0.400. The van der Waals surface area contributed by atoms with Crippen molar-refractivity contribution in [3.8, 4) is 0 Å². The van der Waals surface area contributed by atoms with E-state index in [1.54, 1.807) is 0 Å². The topological polar surface area (TPSA) is 12.4 Å². The number of rotatable bonds is 3. The first-order valence-corrected chi connectivity index (χ1v) is 5.34. The van der Waals surface area contributed by atoms with E-state index >= 15 is 0 Å². The molecule has 0 saturated carbocycles. The lowest BCUT2D eigenvalue weighted by molar-refractivity contribution is 0.512. The minimum atomic E-state index is 0.0714. The Labute approximate surface area is 101 Å². The lowest BCUT2D eigenvalue weighted by Crippen LogP contribution is -2.10. The van der Waals surface area contributed by atoms with E-state index in [1.165, 1.54) is 5.57 Å². The molecule has 0 fully saturated rings. The van der Waals surface area contributed by atoms with E-state index in [1.807, 2.05) is 19.9 Å². The van der Waals surface area contributed by atoms with E-state index in [0.29, 0.717) is 0 Å². The number of hydrogen-bond acceptors (Lipinski definition) is 1. The van der Waals surface area contributed by atoms with Gasteiger partial charge >= 0.3 is 0 Å². The van der Waals surface area contributed by atoms with Crippen LogP contribution in [0.2, 0.25) is 0 Å². The Morgan fingerprint density at radius 3 is 1.81 bits per heavy atom. The van der Waals surface area contributed by atoms with Gasteiger partial charge in [0.2, 0.25) is 0 Å². The van der Waals surface area contributed by atoms with Gasteiger partial charge in [0.05, 0.1) is 5.70 Å². The van der Waals surface area contributed by atoms with E-state index in [9.17, 15) is 0 Å². The zero-order chi connectivity index (χ0) is 13.4. The summed E-state index contributed by atoms with van der Waals surface area (Å²) in [7, 11) is 0. The Bertz CT molecular complexity index is 298. The smallest absolute Gasteiger partial charge is 0.0682 e. The first kappa shape index (κ1) is 17.0. The molecule has 0 N–H and O–H groups in total. The van der Waals surface area contributed by atoms with Crippen molar-refractivity contribution in [2.24, 2.45) is 10.4 Å². The molecule has 1 nitrogen and oxygen atoms in total. The Morgan fingerprint density at radius 2 is 1.62 bits per heavy atom. The van der Waals surface area contributed by atoms with Crippen molar-refractivity contribution in [3.05, 3.63) is 48.7 Å². The minimum absolute atomic E-state index is 0.0714. The maximum absolute atomic E-state index is 4.05. The standard InChI is InChI=1S/C13H21N.C2H4/c1-8-9-11(13(4,5)6)12(14-7)10(2)3;1-2/h8-9H,2,7H2,1,3-6H3;1-2H2/b9-8-,12-11-;. The average Bonchev–Trinajstić information content (AvgIpc) is 2.19. The van der Waals surface area contributed by atoms with Gasteiger partial charge in [-0.2, -0.15) is 0 Å². The highest BCUT2D eigenvalue weighted by molar-refractivity contribution is 5.44. The average molecular weight is 219 g/mol. The first-order chi connectivity index (χ1) is 7.34. The molecule has 0 aliphatic heterocycles. The molecule has 0 aliphatic rings. The third-order valence-electron chi connectivity index (χ3n) is 1.96. The highest BCUT2D eigenvalue weighted by atomic mass is 14.7.